The number of unbranched alkanes of at least 4 members (excludes halogenated alkanes) is 1. The minimum atomic E-state index is 0.0224. The van der Waals surface area contributed by atoms with Crippen molar-refractivity contribution in [1.29, 1.82) is 0 Å². The maximum atomic E-state index is 11.7. The number of benzene rings is 1. The minimum Gasteiger partial charge on any atom is -0.342 e. The van der Waals surface area contributed by atoms with E-state index in [1.54, 1.807) is 11.9 Å². The zero-order valence-corrected chi connectivity index (χ0v) is 13.6. The van der Waals surface area contributed by atoms with E-state index in [4.69, 9.17) is 0 Å². The largest absolute Gasteiger partial charge is 0.342 e. The molecule has 0 aromatic heterocycles. The van der Waals surface area contributed by atoms with E-state index in [-0.39, 0.29) is 11.8 Å². The average molecular weight is 341 g/mol. The lowest BCUT2D eigenvalue weighted by Crippen LogP contribution is -2.23. The minimum absolute atomic E-state index is 0.0224. The average Bonchev–Trinajstić information content (AvgIpc) is 2.39. The van der Waals surface area contributed by atoms with Gasteiger partial charge in [0.15, 0.2) is 0 Å². The van der Waals surface area contributed by atoms with E-state index in [9.17, 15) is 9.59 Å². The molecule has 110 valence electrons. The van der Waals surface area contributed by atoms with Crippen LogP contribution in [-0.2, 0) is 16.1 Å². The van der Waals surface area contributed by atoms with Crippen molar-refractivity contribution >= 4 is 33.4 Å². The standard InChI is InChI=1S/C15H21BrN2O2/c1-12(19)18(2)11-13-6-5-7-14(10-13)17-15(20)8-3-4-9-16/h5-7,10H,3-4,8-9,11H2,1-2H3,(H,17,20). The predicted octanol–water partition coefficient (Wildman–Crippen LogP) is 3.17. The highest BCUT2D eigenvalue weighted by atomic mass is 79.9. The summed E-state index contributed by atoms with van der Waals surface area (Å²) in [5, 5.41) is 3.81. The molecule has 1 rings (SSSR count). The number of anilines is 1. The van der Waals surface area contributed by atoms with Gasteiger partial charge in [0.25, 0.3) is 0 Å². The maximum absolute atomic E-state index is 11.7. The number of carbonyl (C=O) groups is 2. The van der Waals surface area contributed by atoms with Crippen molar-refractivity contribution in [2.24, 2.45) is 0 Å². The summed E-state index contributed by atoms with van der Waals surface area (Å²) >= 11 is 3.35. The lowest BCUT2D eigenvalue weighted by molar-refractivity contribution is -0.128. The van der Waals surface area contributed by atoms with Crippen molar-refractivity contribution < 1.29 is 9.59 Å². The highest BCUT2D eigenvalue weighted by Gasteiger charge is 2.06. The van der Waals surface area contributed by atoms with E-state index < -0.39 is 0 Å². The Bertz CT molecular complexity index is 463. The van der Waals surface area contributed by atoms with Crippen LogP contribution in [-0.4, -0.2) is 29.1 Å². The molecule has 1 N–H and O–H groups in total. The molecule has 0 aliphatic carbocycles. The third kappa shape index (κ3) is 6.19. The van der Waals surface area contributed by atoms with Crippen molar-refractivity contribution in [3.8, 4) is 0 Å². The van der Waals surface area contributed by atoms with Gasteiger partial charge in [-0.05, 0) is 30.5 Å². The number of nitrogens with zero attached hydrogens (tertiary/aromatic N) is 1. The molecular formula is C15H21BrN2O2. The molecule has 1 aromatic rings. The number of rotatable bonds is 7. The SMILES string of the molecule is CC(=O)N(C)Cc1cccc(NC(=O)CCCCBr)c1. The van der Waals surface area contributed by atoms with Gasteiger partial charge in [0.1, 0.15) is 0 Å². The first-order valence-electron chi connectivity index (χ1n) is 6.69. The van der Waals surface area contributed by atoms with Crippen molar-refractivity contribution in [2.75, 3.05) is 17.7 Å². The number of alkyl halides is 1. The third-order valence-corrected chi connectivity index (χ3v) is 3.52. The van der Waals surface area contributed by atoms with Crippen LogP contribution in [0.3, 0.4) is 0 Å². The van der Waals surface area contributed by atoms with Gasteiger partial charge >= 0.3 is 0 Å². The van der Waals surface area contributed by atoms with E-state index >= 15 is 0 Å². The normalized spacial score (nSPS) is 10.2. The molecule has 0 radical (unpaired) electrons. The first-order chi connectivity index (χ1) is 9.52. The zero-order valence-electron chi connectivity index (χ0n) is 12.0. The van der Waals surface area contributed by atoms with Crippen LogP contribution in [0.15, 0.2) is 24.3 Å². The molecule has 4 nitrogen and oxygen atoms in total. The molecule has 0 aliphatic heterocycles. The van der Waals surface area contributed by atoms with E-state index in [0.29, 0.717) is 13.0 Å². The third-order valence-electron chi connectivity index (χ3n) is 2.96. The topological polar surface area (TPSA) is 49.4 Å². The lowest BCUT2D eigenvalue weighted by Gasteiger charge is -2.15. The molecule has 2 amide bonds. The van der Waals surface area contributed by atoms with Gasteiger partial charge in [0.05, 0.1) is 0 Å². The lowest BCUT2D eigenvalue weighted by atomic mass is 10.2. The van der Waals surface area contributed by atoms with Crippen LogP contribution in [0.1, 0.15) is 31.7 Å². The second kappa shape index (κ2) is 8.74. The molecule has 0 saturated carbocycles. The summed E-state index contributed by atoms with van der Waals surface area (Å²) in [6, 6.07) is 7.60. The molecule has 0 fully saturated rings. The Morgan fingerprint density at radius 2 is 2.05 bits per heavy atom. The molecule has 0 bridgehead atoms. The number of carbonyl (C=O) groups excluding carboxylic acids is 2. The van der Waals surface area contributed by atoms with Gasteiger partial charge < -0.3 is 10.2 Å². The van der Waals surface area contributed by atoms with Gasteiger partial charge in [-0.3, -0.25) is 9.59 Å². The highest BCUT2D eigenvalue weighted by Crippen LogP contribution is 2.13. The summed E-state index contributed by atoms with van der Waals surface area (Å²) in [7, 11) is 1.76. The Balaban J connectivity index is 2.55. The monoisotopic (exact) mass is 340 g/mol. The molecule has 0 unspecified atom stereocenters. The molecule has 0 atom stereocenters. The number of hydrogen-bond donors (Lipinski definition) is 1. The molecule has 0 spiro atoms. The van der Waals surface area contributed by atoms with Crippen LogP contribution in [0.4, 0.5) is 5.69 Å². The van der Waals surface area contributed by atoms with E-state index in [2.05, 4.69) is 21.2 Å². The van der Waals surface area contributed by atoms with E-state index in [1.807, 2.05) is 24.3 Å². The van der Waals surface area contributed by atoms with Gasteiger partial charge in [0.2, 0.25) is 11.8 Å². The zero-order chi connectivity index (χ0) is 15.0. The van der Waals surface area contributed by atoms with Gasteiger partial charge in [-0.2, -0.15) is 0 Å². The molecule has 0 aliphatic rings. The number of nitrogens with one attached hydrogen (secondary N) is 1. The first kappa shape index (κ1) is 16.7. The summed E-state index contributed by atoms with van der Waals surface area (Å²) in [6.45, 7) is 2.08. The van der Waals surface area contributed by atoms with Crippen LogP contribution >= 0.6 is 15.9 Å². The second-order valence-electron chi connectivity index (χ2n) is 4.77. The Hall–Kier alpha value is -1.36. The Morgan fingerprint density at radius 3 is 2.70 bits per heavy atom. The fourth-order valence-electron chi connectivity index (χ4n) is 1.74. The molecule has 20 heavy (non-hydrogen) atoms. The van der Waals surface area contributed by atoms with E-state index in [1.165, 1.54) is 6.92 Å². The predicted molar refractivity (Wildman–Crippen MR) is 84.9 cm³/mol. The number of halogens is 1. The van der Waals surface area contributed by atoms with Crippen LogP contribution in [0.2, 0.25) is 0 Å². The molecule has 0 heterocycles. The van der Waals surface area contributed by atoms with Crippen LogP contribution in [0.25, 0.3) is 0 Å². The Kier molecular flexibility index (Phi) is 7.30. The summed E-state index contributed by atoms with van der Waals surface area (Å²) in [5.74, 6) is 0.0530. The second-order valence-corrected chi connectivity index (χ2v) is 5.56. The Morgan fingerprint density at radius 1 is 1.30 bits per heavy atom. The van der Waals surface area contributed by atoms with Gasteiger partial charge in [0, 0.05) is 38.0 Å². The van der Waals surface area contributed by atoms with Crippen molar-refractivity contribution in [1.82, 2.24) is 4.90 Å². The molecular weight excluding hydrogens is 320 g/mol. The summed E-state index contributed by atoms with van der Waals surface area (Å²) in [5.41, 5.74) is 1.78. The summed E-state index contributed by atoms with van der Waals surface area (Å²) in [4.78, 5) is 24.6. The Labute approximate surface area is 128 Å². The smallest absolute Gasteiger partial charge is 0.224 e. The summed E-state index contributed by atoms with van der Waals surface area (Å²) < 4.78 is 0. The summed E-state index contributed by atoms with van der Waals surface area (Å²) in [6.07, 6.45) is 2.41. The van der Waals surface area contributed by atoms with E-state index in [0.717, 1.165) is 29.4 Å². The van der Waals surface area contributed by atoms with Crippen LogP contribution in [0.5, 0.6) is 0 Å². The fourth-order valence-corrected chi connectivity index (χ4v) is 2.13. The van der Waals surface area contributed by atoms with Gasteiger partial charge in [-0.15, -0.1) is 0 Å². The highest BCUT2D eigenvalue weighted by molar-refractivity contribution is 9.09. The van der Waals surface area contributed by atoms with Gasteiger partial charge in [-0.25, -0.2) is 0 Å². The molecule has 0 saturated heterocycles. The van der Waals surface area contributed by atoms with Crippen molar-refractivity contribution in [3.05, 3.63) is 29.8 Å². The van der Waals surface area contributed by atoms with Crippen molar-refractivity contribution in [3.63, 3.8) is 0 Å². The van der Waals surface area contributed by atoms with Gasteiger partial charge in [-0.1, -0.05) is 28.1 Å². The molecule has 5 heteroatoms. The van der Waals surface area contributed by atoms with Crippen LogP contribution < -0.4 is 5.32 Å². The van der Waals surface area contributed by atoms with Crippen molar-refractivity contribution in [2.45, 2.75) is 32.7 Å². The quantitative estimate of drug-likeness (QED) is 0.612. The first-order valence-corrected chi connectivity index (χ1v) is 7.81. The number of hydrogen-bond acceptors (Lipinski definition) is 2. The van der Waals surface area contributed by atoms with Crippen LogP contribution in [0, 0.1) is 0 Å². The number of amides is 2. The molecule has 1 aromatic carbocycles. The maximum Gasteiger partial charge on any atom is 0.224 e. The fraction of sp³-hybridized carbons (Fsp3) is 0.467.